The second kappa shape index (κ2) is 8.10. The standard InChI is InChI=1S/C20H22ClNO5S/c1-13-7-9-15(10-8-13)28(23,24)22-18-17(21)16-12-26-20(27-16)19(18)25-11-14-5-3-2-4-6-14/h2-10,16-20,22H,11-12H2,1H3/t16-,17-,18+,19-,20-/m1/s1. The Balaban J connectivity index is 1.55. The van der Waals surface area contributed by atoms with Crippen molar-refractivity contribution in [2.45, 2.75) is 48.3 Å². The van der Waals surface area contributed by atoms with E-state index in [1.54, 1.807) is 24.3 Å². The molecule has 0 amide bonds. The van der Waals surface area contributed by atoms with Crippen molar-refractivity contribution in [3.05, 3.63) is 65.7 Å². The van der Waals surface area contributed by atoms with Crippen molar-refractivity contribution in [2.75, 3.05) is 6.61 Å². The highest BCUT2D eigenvalue weighted by molar-refractivity contribution is 7.89. The summed E-state index contributed by atoms with van der Waals surface area (Å²) < 4.78 is 46.0. The predicted molar refractivity (Wildman–Crippen MR) is 105 cm³/mol. The third kappa shape index (κ3) is 4.10. The van der Waals surface area contributed by atoms with Gasteiger partial charge in [-0.05, 0) is 24.6 Å². The van der Waals surface area contributed by atoms with Crippen LogP contribution in [0.3, 0.4) is 0 Å². The van der Waals surface area contributed by atoms with Gasteiger partial charge in [0, 0.05) is 0 Å². The van der Waals surface area contributed by atoms with Gasteiger partial charge in [-0.1, -0.05) is 48.0 Å². The Bertz CT molecular complexity index is 906. The van der Waals surface area contributed by atoms with Crippen LogP contribution in [0.5, 0.6) is 0 Å². The third-order valence-corrected chi connectivity index (χ3v) is 6.99. The first-order valence-electron chi connectivity index (χ1n) is 9.10. The number of hydrogen-bond acceptors (Lipinski definition) is 5. The molecule has 0 saturated carbocycles. The number of benzene rings is 2. The van der Waals surface area contributed by atoms with Crippen LogP contribution in [0.15, 0.2) is 59.5 Å². The molecule has 0 spiro atoms. The molecule has 8 heteroatoms. The average molecular weight is 424 g/mol. The van der Waals surface area contributed by atoms with Gasteiger partial charge in [0.05, 0.1) is 29.5 Å². The van der Waals surface area contributed by atoms with E-state index in [-0.39, 0.29) is 11.0 Å². The number of rotatable bonds is 6. The van der Waals surface area contributed by atoms with Crippen LogP contribution >= 0.6 is 11.6 Å². The van der Waals surface area contributed by atoms with Gasteiger partial charge in [-0.25, -0.2) is 13.1 Å². The summed E-state index contributed by atoms with van der Waals surface area (Å²) in [5.74, 6) is 0. The molecule has 2 saturated heterocycles. The highest BCUT2D eigenvalue weighted by atomic mass is 35.5. The topological polar surface area (TPSA) is 73.9 Å². The molecule has 1 N–H and O–H groups in total. The molecule has 5 atom stereocenters. The molecule has 2 aliphatic rings. The van der Waals surface area contributed by atoms with Crippen molar-refractivity contribution in [1.29, 1.82) is 0 Å². The van der Waals surface area contributed by atoms with Crippen molar-refractivity contribution in [2.24, 2.45) is 0 Å². The molecular weight excluding hydrogens is 402 g/mol. The molecule has 2 aliphatic heterocycles. The first kappa shape index (κ1) is 19.8. The second-order valence-electron chi connectivity index (χ2n) is 7.04. The van der Waals surface area contributed by atoms with Crippen LogP contribution in [-0.4, -0.2) is 44.9 Å². The van der Waals surface area contributed by atoms with Crippen LogP contribution < -0.4 is 4.72 Å². The van der Waals surface area contributed by atoms with Gasteiger partial charge in [0.2, 0.25) is 10.0 Å². The second-order valence-corrected chi connectivity index (χ2v) is 9.26. The number of fused-ring (bicyclic) bond motifs is 2. The fourth-order valence-electron chi connectivity index (χ4n) is 3.41. The molecule has 2 bridgehead atoms. The van der Waals surface area contributed by atoms with Crippen LogP contribution in [0, 0.1) is 6.92 Å². The molecule has 150 valence electrons. The minimum Gasteiger partial charge on any atom is -0.367 e. The van der Waals surface area contributed by atoms with E-state index in [1.165, 1.54) is 0 Å². The molecule has 2 aromatic rings. The minimum atomic E-state index is -3.77. The van der Waals surface area contributed by atoms with E-state index in [4.69, 9.17) is 25.8 Å². The van der Waals surface area contributed by atoms with E-state index in [1.807, 2.05) is 37.3 Å². The summed E-state index contributed by atoms with van der Waals surface area (Å²) in [7, 11) is -3.77. The molecule has 0 aliphatic carbocycles. The number of halogens is 1. The maximum Gasteiger partial charge on any atom is 0.240 e. The van der Waals surface area contributed by atoms with Gasteiger partial charge < -0.3 is 14.2 Å². The molecule has 28 heavy (non-hydrogen) atoms. The molecule has 4 rings (SSSR count). The van der Waals surface area contributed by atoms with Crippen molar-refractivity contribution in [3.63, 3.8) is 0 Å². The Hall–Kier alpha value is -1.48. The number of alkyl halides is 1. The molecule has 2 heterocycles. The fourth-order valence-corrected chi connectivity index (χ4v) is 5.09. The van der Waals surface area contributed by atoms with Gasteiger partial charge in [0.25, 0.3) is 0 Å². The van der Waals surface area contributed by atoms with E-state index in [9.17, 15) is 8.42 Å². The lowest BCUT2D eigenvalue weighted by molar-refractivity contribution is -0.184. The summed E-state index contributed by atoms with van der Waals surface area (Å²) in [6.45, 7) is 2.51. The quantitative estimate of drug-likeness (QED) is 0.723. The number of aryl methyl sites for hydroxylation is 1. The zero-order valence-corrected chi connectivity index (χ0v) is 16.9. The highest BCUT2D eigenvalue weighted by Crippen LogP contribution is 2.34. The lowest BCUT2D eigenvalue weighted by Gasteiger charge is -2.38. The van der Waals surface area contributed by atoms with Crippen LogP contribution in [0.2, 0.25) is 0 Å². The summed E-state index contributed by atoms with van der Waals surface area (Å²) in [4.78, 5) is 0.184. The van der Waals surface area contributed by atoms with E-state index in [0.717, 1.165) is 11.1 Å². The first-order chi connectivity index (χ1) is 13.4. The molecule has 6 nitrogen and oxygen atoms in total. The molecule has 2 fully saturated rings. The van der Waals surface area contributed by atoms with E-state index in [2.05, 4.69) is 4.72 Å². The fraction of sp³-hybridized carbons (Fsp3) is 0.400. The Morgan fingerprint density at radius 3 is 2.57 bits per heavy atom. The van der Waals surface area contributed by atoms with Crippen molar-refractivity contribution < 1.29 is 22.6 Å². The van der Waals surface area contributed by atoms with Crippen molar-refractivity contribution >= 4 is 21.6 Å². The summed E-state index contributed by atoms with van der Waals surface area (Å²) in [6.07, 6.45) is -1.70. The minimum absolute atomic E-state index is 0.184. The largest absolute Gasteiger partial charge is 0.367 e. The van der Waals surface area contributed by atoms with Gasteiger partial charge in [0.1, 0.15) is 12.2 Å². The van der Waals surface area contributed by atoms with E-state index in [0.29, 0.717) is 13.2 Å². The van der Waals surface area contributed by atoms with E-state index >= 15 is 0 Å². The Labute approximate surface area is 169 Å². The molecule has 2 aromatic carbocycles. The van der Waals surface area contributed by atoms with Gasteiger partial charge in [-0.2, -0.15) is 0 Å². The average Bonchev–Trinajstić information content (AvgIpc) is 3.13. The lowest BCUT2D eigenvalue weighted by atomic mass is 10.0. The summed E-state index contributed by atoms with van der Waals surface area (Å²) in [6, 6.07) is 15.6. The number of sulfonamides is 1. The van der Waals surface area contributed by atoms with Gasteiger partial charge in [-0.15, -0.1) is 11.6 Å². The smallest absolute Gasteiger partial charge is 0.240 e. The van der Waals surface area contributed by atoms with Gasteiger partial charge in [0.15, 0.2) is 6.29 Å². The van der Waals surface area contributed by atoms with E-state index < -0.39 is 33.8 Å². The Kier molecular flexibility index (Phi) is 5.73. The first-order valence-corrected chi connectivity index (χ1v) is 11.0. The van der Waals surface area contributed by atoms with Gasteiger partial charge in [-0.3, -0.25) is 0 Å². The Morgan fingerprint density at radius 1 is 1.14 bits per heavy atom. The maximum absolute atomic E-state index is 12.9. The van der Waals surface area contributed by atoms with Crippen LogP contribution in [0.25, 0.3) is 0 Å². The van der Waals surface area contributed by atoms with Crippen LogP contribution in [-0.2, 0) is 30.8 Å². The zero-order valence-electron chi connectivity index (χ0n) is 15.3. The normalized spacial score (nSPS) is 29.7. The van der Waals surface area contributed by atoms with Gasteiger partial charge >= 0.3 is 0 Å². The lowest BCUT2D eigenvalue weighted by Crippen LogP contribution is -2.60. The van der Waals surface area contributed by atoms with Crippen LogP contribution in [0.4, 0.5) is 0 Å². The molecule has 0 radical (unpaired) electrons. The SMILES string of the molecule is Cc1ccc(S(=O)(=O)N[C@H]2[C@H](Cl)[C@H]3CO[C@H](O3)[C@@H]2OCc2ccccc2)cc1. The monoisotopic (exact) mass is 423 g/mol. The molecule has 0 unspecified atom stereocenters. The maximum atomic E-state index is 12.9. The highest BCUT2D eigenvalue weighted by Gasteiger charge is 2.52. The van der Waals surface area contributed by atoms with Crippen LogP contribution in [0.1, 0.15) is 11.1 Å². The Morgan fingerprint density at radius 2 is 1.86 bits per heavy atom. The summed E-state index contributed by atoms with van der Waals surface area (Å²) in [5, 5.41) is -0.611. The molecule has 0 aromatic heterocycles. The number of nitrogens with one attached hydrogen (secondary N) is 1. The van der Waals surface area contributed by atoms with Crippen molar-refractivity contribution in [1.82, 2.24) is 4.72 Å². The molecular formula is C20H22ClNO5S. The third-order valence-electron chi connectivity index (χ3n) is 4.96. The number of hydrogen-bond donors (Lipinski definition) is 1. The summed E-state index contributed by atoms with van der Waals surface area (Å²) >= 11 is 6.56. The predicted octanol–water partition coefficient (Wildman–Crippen LogP) is 2.59. The summed E-state index contributed by atoms with van der Waals surface area (Å²) in [5.41, 5.74) is 1.95. The zero-order chi connectivity index (χ0) is 19.7. The number of ether oxygens (including phenoxy) is 3. The van der Waals surface area contributed by atoms with Crippen molar-refractivity contribution in [3.8, 4) is 0 Å².